The molecule has 0 aliphatic carbocycles. The Morgan fingerprint density at radius 3 is 3.06 bits per heavy atom. The van der Waals surface area contributed by atoms with E-state index in [1.807, 2.05) is 0 Å². The zero-order valence-corrected chi connectivity index (χ0v) is 17.8. The molecule has 4 heterocycles. The van der Waals surface area contributed by atoms with E-state index < -0.39 is 17.8 Å². The lowest BCUT2D eigenvalue weighted by atomic mass is 9.96. The van der Waals surface area contributed by atoms with Crippen molar-refractivity contribution < 1.29 is 19.1 Å². The second kappa shape index (κ2) is 9.58. The first kappa shape index (κ1) is 22.1. The topological polar surface area (TPSA) is 124 Å². The van der Waals surface area contributed by atoms with Crippen LogP contribution in [-0.2, 0) is 9.59 Å². The van der Waals surface area contributed by atoms with Gasteiger partial charge in [-0.25, -0.2) is 19.3 Å². The maximum absolute atomic E-state index is 14.4. The minimum atomic E-state index is -1.01. The highest BCUT2D eigenvalue weighted by atomic mass is 35.5. The average Bonchev–Trinajstić information content (AvgIpc) is 3.20. The van der Waals surface area contributed by atoms with Crippen LogP contribution >= 0.6 is 11.6 Å². The number of aromatic amines is 1. The maximum Gasteiger partial charge on any atom is 0.321 e. The van der Waals surface area contributed by atoms with E-state index in [0.717, 1.165) is 24.4 Å². The Morgan fingerprint density at radius 2 is 2.28 bits per heavy atom. The first-order valence-electron chi connectivity index (χ1n) is 10.3. The fraction of sp³-hybridized carbons (Fsp3) is 0.381. The number of halogens is 2. The second-order valence-corrected chi connectivity index (χ2v) is 8.22. The van der Waals surface area contributed by atoms with Gasteiger partial charge in [0.2, 0.25) is 0 Å². The van der Waals surface area contributed by atoms with Crippen molar-refractivity contribution in [1.82, 2.24) is 24.8 Å². The largest absolute Gasteiger partial charge is 0.480 e. The lowest BCUT2D eigenvalue weighted by molar-refractivity contribution is -0.145. The van der Waals surface area contributed by atoms with Gasteiger partial charge in [0.25, 0.3) is 0 Å². The number of pyridine rings is 1. The number of carbonyl (C=O) groups excluding carboxylic acids is 1. The Morgan fingerprint density at radius 1 is 1.44 bits per heavy atom. The van der Waals surface area contributed by atoms with E-state index in [9.17, 15) is 19.1 Å². The fourth-order valence-corrected chi connectivity index (χ4v) is 4.23. The molecule has 168 valence electrons. The van der Waals surface area contributed by atoms with Crippen LogP contribution in [-0.4, -0.2) is 67.9 Å². The maximum atomic E-state index is 14.4. The Balaban J connectivity index is 1.48. The van der Waals surface area contributed by atoms with Gasteiger partial charge in [0.05, 0.1) is 11.2 Å². The zero-order chi connectivity index (χ0) is 22.7. The molecule has 0 radical (unpaired) electrons. The number of aldehydes is 1. The summed E-state index contributed by atoms with van der Waals surface area (Å²) in [5.74, 6) is -1.11. The summed E-state index contributed by atoms with van der Waals surface area (Å²) >= 11 is 6.05. The number of hydrogen-bond acceptors (Lipinski definition) is 7. The van der Waals surface area contributed by atoms with Gasteiger partial charge in [0.1, 0.15) is 18.0 Å². The summed E-state index contributed by atoms with van der Waals surface area (Å²) < 4.78 is 14.4. The molecule has 1 fully saturated rings. The highest BCUT2D eigenvalue weighted by molar-refractivity contribution is 6.31. The molecule has 1 aliphatic heterocycles. The number of piperidine rings is 1. The smallest absolute Gasteiger partial charge is 0.321 e. The number of rotatable bonds is 8. The Hall–Kier alpha value is -3.11. The number of likely N-dealkylation sites (tertiary alicyclic amines) is 1. The van der Waals surface area contributed by atoms with E-state index in [1.54, 1.807) is 17.2 Å². The number of hydrogen-bond donors (Lipinski definition) is 3. The molecule has 0 amide bonds. The van der Waals surface area contributed by atoms with Crippen LogP contribution in [0, 0.1) is 11.7 Å². The molecule has 0 saturated carbocycles. The lowest BCUT2D eigenvalue weighted by Crippen LogP contribution is -2.48. The molecule has 1 saturated heterocycles. The van der Waals surface area contributed by atoms with E-state index in [0.29, 0.717) is 48.0 Å². The van der Waals surface area contributed by atoms with Gasteiger partial charge in [-0.1, -0.05) is 11.6 Å². The summed E-state index contributed by atoms with van der Waals surface area (Å²) in [6.07, 6.45) is 6.58. The van der Waals surface area contributed by atoms with E-state index in [2.05, 4.69) is 25.3 Å². The number of aliphatic carboxylic acids is 1. The van der Waals surface area contributed by atoms with Crippen LogP contribution in [0.15, 0.2) is 24.7 Å². The van der Waals surface area contributed by atoms with Crippen molar-refractivity contribution in [1.29, 1.82) is 0 Å². The zero-order valence-electron chi connectivity index (χ0n) is 17.1. The van der Waals surface area contributed by atoms with Crippen molar-refractivity contribution in [3.8, 4) is 11.4 Å². The monoisotopic (exact) mass is 460 g/mol. The van der Waals surface area contributed by atoms with Crippen molar-refractivity contribution in [3.05, 3.63) is 35.5 Å². The second-order valence-electron chi connectivity index (χ2n) is 7.78. The Bertz CT molecular complexity index is 1140. The summed E-state index contributed by atoms with van der Waals surface area (Å²) in [4.78, 5) is 39.8. The Kier molecular flexibility index (Phi) is 6.61. The third-order valence-corrected chi connectivity index (χ3v) is 5.84. The number of fused-ring (bicyclic) bond motifs is 1. The van der Waals surface area contributed by atoms with Crippen molar-refractivity contribution in [2.75, 3.05) is 25.0 Å². The average molecular weight is 461 g/mol. The van der Waals surface area contributed by atoms with E-state index >= 15 is 0 Å². The summed E-state index contributed by atoms with van der Waals surface area (Å²) in [6, 6.07) is 0.907. The van der Waals surface area contributed by atoms with Gasteiger partial charge in [0.15, 0.2) is 17.5 Å². The summed E-state index contributed by atoms with van der Waals surface area (Å²) in [7, 11) is 0. The van der Waals surface area contributed by atoms with Crippen LogP contribution < -0.4 is 5.32 Å². The van der Waals surface area contributed by atoms with E-state index in [4.69, 9.17) is 11.6 Å². The summed E-state index contributed by atoms with van der Waals surface area (Å²) in [6.45, 7) is 1.53. The van der Waals surface area contributed by atoms with Crippen molar-refractivity contribution in [2.45, 2.75) is 25.3 Å². The predicted molar refractivity (Wildman–Crippen MR) is 117 cm³/mol. The van der Waals surface area contributed by atoms with Gasteiger partial charge in [-0.05, 0) is 31.4 Å². The van der Waals surface area contributed by atoms with Gasteiger partial charge in [0, 0.05) is 42.9 Å². The molecule has 1 aliphatic rings. The number of carboxylic acid groups (broad SMARTS) is 1. The van der Waals surface area contributed by atoms with E-state index in [1.165, 1.54) is 6.20 Å². The first-order chi connectivity index (χ1) is 15.5. The molecule has 4 rings (SSSR count). The molecule has 0 spiro atoms. The predicted octanol–water partition coefficient (Wildman–Crippen LogP) is 2.98. The first-order valence-corrected chi connectivity index (χ1v) is 10.6. The molecule has 2 atom stereocenters. The molecular formula is C21H22ClFN6O3. The van der Waals surface area contributed by atoms with Crippen LogP contribution in [0.3, 0.4) is 0 Å². The summed E-state index contributed by atoms with van der Waals surface area (Å²) in [5.41, 5.74) is 1.28. The highest BCUT2D eigenvalue weighted by Gasteiger charge is 2.30. The molecule has 3 aromatic rings. The minimum absolute atomic E-state index is 0.0527. The summed E-state index contributed by atoms with van der Waals surface area (Å²) in [5, 5.41) is 13.6. The van der Waals surface area contributed by atoms with E-state index in [-0.39, 0.29) is 18.2 Å². The number of aromatic nitrogens is 4. The lowest BCUT2D eigenvalue weighted by Gasteiger charge is -2.36. The number of anilines is 1. The molecular weight excluding hydrogens is 439 g/mol. The van der Waals surface area contributed by atoms with Gasteiger partial charge in [-0.3, -0.25) is 9.69 Å². The molecule has 3 aromatic heterocycles. The molecule has 9 nitrogen and oxygen atoms in total. The minimum Gasteiger partial charge on any atom is -0.480 e. The van der Waals surface area contributed by atoms with Gasteiger partial charge >= 0.3 is 5.97 Å². The van der Waals surface area contributed by atoms with Crippen LogP contribution in [0.4, 0.5) is 10.2 Å². The molecule has 2 unspecified atom stereocenters. The fourth-order valence-electron chi connectivity index (χ4n) is 4.07. The van der Waals surface area contributed by atoms with Gasteiger partial charge in [-0.2, -0.15) is 0 Å². The van der Waals surface area contributed by atoms with Crippen molar-refractivity contribution in [2.24, 2.45) is 5.92 Å². The number of nitrogens with zero attached hydrogens (tertiary/aromatic N) is 4. The third kappa shape index (κ3) is 4.71. The standard InChI is InChI=1S/C21H22ClFN6O3/c22-13-6-14-15(9-26-18(14)25-8-13)19-27-10-16(23)20(28-19)24-7-12-2-1-4-29(11-12)17(3-5-30)21(31)32/h5-6,8-10,12,17H,1-4,7,11H2,(H,25,26)(H,31,32)(H,24,27,28). The van der Waals surface area contributed by atoms with Crippen LogP contribution in [0.5, 0.6) is 0 Å². The molecule has 3 N–H and O–H groups in total. The van der Waals surface area contributed by atoms with Crippen LogP contribution in [0.1, 0.15) is 19.3 Å². The molecule has 0 bridgehead atoms. The molecule has 0 aromatic carbocycles. The highest BCUT2D eigenvalue weighted by Crippen LogP contribution is 2.28. The van der Waals surface area contributed by atoms with Crippen molar-refractivity contribution >= 4 is 40.7 Å². The van der Waals surface area contributed by atoms with Crippen LogP contribution in [0.25, 0.3) is 22.4 Å². The van der Waals surface area contributed by atoms with Crippen molar-refractivity contribution in [3.63, 3.8) is 0 Å². The number of carbonyl (C=O) groups is 2. The quantitative estimate of drug-likeness (QED) is 0.438. The SMILES string of the molecule is O=CCC(C(=O)O)N1CCCC(CNc2nc(-c3c[nH]c4ncc(Cl)cc34)ncc2F)C1. The number of H-pyrrole nitrogens is 1. The van der Waals surface area contributed by atoms with Gasteiger partial charge in [-0.15, -0.1) is 0 Å². The normalized spacial score (nSPS) is 17.9. The number of carboxylic acids is 1. The van der Waals surface area contributed by atoms with Gasteiger partial charge < -0.3 is 20.2 Å². The number of nitrogens with one attached hydrogen (secondary N) is 2. The Labute approximate surface area is 188 Å². The molecule has 11 heteroatoms. The third-order valence-electron chi connectivity index (χ3n) is 5.64. The molecule has 32 heavy (non-hydrogen) atoms. The van der Waals surface area contributed by atoms with Crippen LogP contribution in [0.2, 0.25) is 5.02 Å².